The standard InChI is InChI=1S/C20H17BrN2O4/c1-11-2-5-17-15(8-11)16(6-7-27-17)22-18(24)10-23-19(25)13-4-3-12(21)9-14(13)20(23)26/h2-5,8-9,16H,6-7,10H2,1H3,(H,22,24). The van der Waals surface area contributed by atoms with Crippen LogP contribution in [0.3, 0.4) is 0 Å². The molecule has 0 aliphatic carbocycles. The molecule has 0 spiro atoms. The van der Waals surface area contributed by atoms with Crippen LogP contribution in [0.5, 0.6) is 5.75 Å². The maximum atomic E-state index is 12.6. The highest BCUT2D eigenvalue weighted by Crippen LogP contribution is 2.33. The van der Waals surface area contributed by atoms with Gasteiger partial charge in [0.2, 0.25) is 5.91 Å². The minimum absolute atomic E-state index is 0.203. The molecule has 2 aliphatic heterocycles. The molecule has 0 radical (unpaired) electrons. The van der Waals surface area contributed by atoms with Crippen molar-refractivity contribution in [3.63, 3.8) is 0 Å². The van der Waals surface area contributed by atoms with E-state index in [9.17, 15) is 14.4 Å². The van der Waals surface area contributed by atoms with E-state index >= 15 is 0 Å². The number of hydrogen-bond donors (Lipinski definition) is 1. The fourth-order valence-electron chi connectivity index (χ4n) is 3.45. The molecule has 0 fully saturated rings. The second kappa shape index (κ2) is 6.81. The largest absolute Gasteiger partial charge is 0.493 e. The summed E-state index contributed by atoms with van der Waals surface area (Å²) in [5.74, 6) is -0.513. The number of hydrogen-bond acceptors (Lipinski definition) is 4. The number of amides is 3. The highest BCUT2D eigenvalue weighted by atomic mass is 79.9. The van der Waals surface area contributed by atoms with Crippen molar-refractivity contribution in [2.45, 2.75) is 19.4 Å². The van der Waals surface area contributed by atoms with Crippen molar-refractivity contribution >= 4 is 33.7 Å². The Kier molecular flexibility index (Phi) is 4.47. The van der Waals surface area contributed by atoms with Crippen molar-refractivity contribution in [2.75, 3.05) is 13.2 Å². The summed E-state index contributed by atoms with van der Waals surface area (Å²) in [6.45, 7) is 2.18. The molecule has 7 heteroatoms. The van der Waals surface area contributed by atoms with Crippen molar-refractivity contribution in [2.24, 2.45) is 0 Å². The molecule has 6 nitrogen and oxygen atoms in total. The molecule has 0 saturated heterocycles. The molecule has 2 aromatic rings. The summed E-state index contributed by atoms with van der Waals surface area (Å²) in [5.41, 5.74) is 2.63. The summed E-state index contributed by atoms with van der Waals surface area (Å²) >= 11 is 3.30. The predicted molar refractivity (Wildman–Crippen MR) is 102 cm³/mol. The number of fused-ring (bicyclic) bond motifs is 2. The number of nitrogens with one attached hydrogen (secondary N) is 1. The van der Waals surface area contributed by atoms with Gasteiger partial charge in [0.15, 0.2) is 0 Å². The molecule has 0 bridgehead atoms. The van der Waals surface area contributed by atoms with Crippen molar-refractivity contribution < 1.29 is 19.1 Å². The zero-order valence-corrected chi connectivity index (χ0v) is 16.2. The van der Waals surface area contributed by atoms with Gasteiger partial charge >= 0.3 is 0 Å². The van der Waals surface area contributed by atoms with Crippen molar-refractivity contribution in [3.05, 3.63) is 63.1 Å². The number of carbonyl (C=O) groups is 3. The second-order valence-electron chi connectivity index (χ2n) is 6.68. The number of nitrogens with zero attached hydrogens (tertiary/aromatic N) is 1. The molecular weight excluding hydrogens is 412 g/mol. The highest BCUT2D eigenvalue weighted by molar-refractivity contribution is 9.10. The number of rotatable bonds is 3. The van der Waals surface area contributed by atoms with E-state index in [2.05, 4.69) is 21.2 Å². The van der Waals surface area contributed by atoms with Gasteiger partial charge in [-0.1, -0.05) is 33.6 Å². The predicted octanol–water partition coefficient (Wildman–Crippen LogP) is 2.99. The molecule has 1 unspecified atom stereocenters. The molecule has 138 valence electrons. The van der Waals surface area contributed by atoms with Crippen molar-refractivity contribution in [1.82, 2.24) is 10.2 Å². The number of carbonyl (C=O) groups excluding carboxylic acids is 3. The molecule has 3 amide bonds. The number of benzene rings is 2. The summed E-state index contributed by atoms with van der Waals surface area (Å²) in [6, 6.07) is 10.5. The van der Waals surface area contributed by atoms with E-state index in [-0.39, 0.29) is 18.5 Å². The van der Waals surface area contributed by atoms with E-state index in [1.165, 1.54) is 0 Å². The first-order valence-corrected chi connectivity index (χ1v) is 9.42. The van der Waals surface area contributed by atoms with Crippen LogP contribution in [0.4, 0.5) is 0 Å². The van der Waals surface area contributed by atoms with E-state index < -0.39 is 11.8 Å². The minimum Gasteiger partial charge on any atom is -0.493 e. The number of aryl methyl sites for hydroxylation is 1. The molecule has 2 aromatic carbocycles. The lowest BCUT2D eigenvalue weighted by Crippen LogP contribution is -2.42. The van der Waals surface area contributed by atoms with Crippen molar-refractivity contribution in [3.8, 4) is 5.75 Å². The normalized spacial score (nSPS) is 18.0. The fraction of sp³-hybridized carbons (Fsp3) is 0.250. The molecule has 0 aromatic heterocycles. The minimum atomic E-state index is -0.449. The van der Waals surface area contributed by atoms with Gasteiger partial charge in [-0.15, -0.1) is 0 Å². The van der Waals surface area contributed by atoms with E-state index in [0.717, 1.165) is 21.8 Å². The van der Waals surface area contributed by atoms with E-state index in [1.54, 1.807) is 18.2 Å². The summed E-state index contributed by atoms with van der Waals surface area (Å²) in [5, 5.41) is 2.93. The Hall–Kier alpha value is -2.67. The Balaban J connectivity index is 1.49. The maximum Gasteiger partial charge on any atom is 0.262 e. The Morgan fingerprint density at radius 3 is 2.78 bits per heavy atom. The van der Waals surface area contributed by atoms with Gasteiger partial charge in [0, 0.05) is 16.5 Å². The van der Waals surface area contributed by atoms with Crippen LogP contribution in [0.25, 0.3) is 0 Å². The Labute approximate surface area is 164 Å². The average molecular weight is 429 g/mol. The Bertz CT molecular complexity index is 972. The van der Waals surface area contributed by atoms with Crippen LogP contribution < -0.4 is 10.1 Å². The van der Waals surface area contributed by atoms with Gasteiger partial charge < -0.3 is 10.1 Å². The third-order valence-electron chi connectivity index (χ3n) is 4.77. The van der Waals surface area contributed by atoms with E-state index in [4.69, 9.17) is 4.74 Å². The summed E-state index contributed by atoms with van der Waals surface area (Å²) in [7, 11) is 0. The fourth-order valence-corrected chi connectivity index (χ4v) is 3.81. The molecule has 1 N–H and O–H groups in total. The van der Waals surface area contributed by atoms with Crippen LogP contribution in [0.15, 0.2) is 40.9 Å². The molecular formula is C20H17BrN2O4. The molecule has 1 atom stereocenters. The van der Waals surface area contributed by atoms with Gasteiger partial charge in [-0.2, -0.15) is 0 Å². The van der Waals surface area contributed by atoms with Gasteiger partial charge in [-0.05, 0) is 31.2 Å². The van der Waals surface area contributed by atoms with Gasteiger partial charge in [-0.3, -0.25) is 19.3 Å². The Morgan fingerprint density at radius 2 is 1.96 bits per heavy atom. The maximum absolute atomic E-state index is 12.6. The van der Waals surface area contributed by atoms with Crippen LogP contribution in [0, 0.1) is 6.92 Å². The first-order chi connectivity index (χ1) is 12.9. The van der Waals surface area contributed by atoms with Crippen LogP contribution in [0.2, 0.25) is 0 Å². The average Bonchev–Trinajstić information content (AvgIpc) is 2.86. The molecule has 2 aliphatic rings. The number of imide groups is 1. The third-order valence-corrected chi connectivity index (χ3v) is 5.27. The quantitative estimate of drug-likeness (QED) is 0.762. The lowest BCUT2D eigenvalue weighted by molar-refractivity contribution is -0.122. The monoisotopic (exact) mass is 428 g/mol. The first kappa shape index (κ1) is 17.7. The van der Waals surface area contributed by atoms with Crippen LogP contribution in [0.1, 0.15) is 44.3 Å². The third kappa shape index (κ3) is 3.23. The SMILES string of the molecule is Cc1ccc2c(c1)C(NC(=O)CN1C(=O)c3ccc(Br)cc3C1=O)CCO2. The smallest absolute Gasteiger partial charge is 0.262 e. The van der Waals surface area contributed by atoms with Crippen LogP contribution in [-0.4, -0.2) is 35.8 Å². The summed E-state index contributed by atoms with van der Waals surface area (Å²) in [6.07, 6.45) is 0.636. The topological polar surface area (TPSA) is 75.7 Å². The molecule has 2 heterocycles. The van der Waals surface area contributed by atoms with Gasteiger partial charge in [0.25, 0.3) is 11.8 Å². The van der Waals surface area contributed by atoms with Gasteiger partial charge in [-0.25, -0.2) is 0 Å². The zero-order valence-electron chi connectivity index (χ0n) is 14.6. The highest BCUT2D eigenvalue weighted by Gasteiger charge is 2.37. The summed E-state index contributed by atoms with van der Waals surface area (Å²) in [4.78, 5) is 38.5. The molecule has 0 saturated carbocycles. The number of ether oxygens (including phenoxy) is 1. The van der Waals surface area contributed by atoms with Crippen LogP contribution in [-0.2, 0) is 4.79 Å². The van der Waals surface area contributed by atoms with E-state index in [1.807, 2.05) is 25.1 Å². The van der Waals surface area contributed by atoms with Gasteiger partial charge in [0.1, 0.15) is 12.3 Å². The van der Waals surface area contributed by atoms with Gasteiger partial charge in [0.05, 0.1) is 23.8 Å². The molecule has 4 rings (SSSR count). The van der Waals surface area contributed by atoms with E-state index in [0.29, 0.717) is 28.6 Å². The lowest BCUT2D eigenvalue weighted by Gasteiger charge is -2.27. The Morgan fingerprint density at radius 1 is 1.19 bits per heavy atom. The zero-order chi connectivity index (χ0) is 19.1. The lowest BCUT2D eigenvalue weighted by atomic mass is 9.98. The second-order valence-corrected chi connectivity index (χ2v) is 7.60. The van der Waals surface area contributed by atoms with Crippen LogP contribution >= 0.6 is 15.9 Å². The van der Waals surface area contributed by atoms with Crippen molar-refractivity contribution in [1.29, 1.82) is 0 Å². The summed E-state index contributed by atoms with van der Waals surface area (Å²) < 4.78 is 6.35. The first-order valence-electron chi connectivity index (χ1n) is 8.62. The number of halogens is 1. The molecule has 27 heavy (non-hydrogen) atoms.